The molecule has 19 heavy (non-hydrogen) atoms. The number of fused-ring (bicyclic) bond motifs is 1. The molecule has 0 bridgehead atoms. The van der Waals surface area contributed by atoms with Crippen LogP contribution in [-0.4, -0.2) is 29.4 Å². The summed E-state index contributed by atoms with van der Waals surface area (Å²) in [6.07, 6.45) is -0.575. The molecule has 104 valence electrons. The van der Waals surface area contributed by atoms with Crippen LogP contribution in [-0.2, 0) is 9.53 Å². The highest BCUT2D eigenvalue weighted by molar-refractivity contribution is 5.76. The van der Waals surface area contributed by atoms with Gasteiger partial charge >= 0.3 is 5.97 Å². The number of rotatable bonds is 3. The lowest BCUT2D eigenvalue weighted by Crippen LogP contribution is -2.41. The van der Waals surface area contributed by atoms with Crippen molar-refractivity contribution in [3.63, 3.8) is 0 Å². The summed E-state index contributed by atoms with van der Waals surface area (Å²) in [5.74, 6) is -0.133. The summed E-state index contributed by atoms with van der Waals surface area (Å²) >= 11 is 0. The molecule has 0 amide bonds. The fraction of sp³-hybridized carbons (Fsp3) is 0.533. The van der Waals surface area contributed by atoms with Crippen LogP contribution in [0.2, 0.25) is 0 Å². The van der Waals surface area contributed by atoms with Crippen LogP contribution >= 0.6 is 0 Å². The van der Waals surface area contributed by atoms with Gasteiger partial charge in [-0.05, 0) is 33.3 Å². The molecule has 0 saturated carbocycles. The number of para-hydroxylation sites is 1. The topological polar surface area (TPSA) is 55.8 Å². The average molecular weight is 264 g/mol. The van der Waals surface area contributed by atoms with Gasteiger partial charge in [0.1, 0.15) is 11.4 Å². The van der Waals surface area contributed by atoms with E-state index in [2.05, 4.69) is 0 Å². The van der Waals surface area contributed by atoms with E-state index in [0.29, 0.717) is 6.42 Å². The third kappa shape index (κ3) is 2.89. The van der Waals surface area contributed by atoms with E-state index in [1.165, 1.54) is 0 Å². The number of carbonyl (C=O) groups is 1. The van der Waals surface area contributed by atoms with Crippen LogP contribution in [0.25, 0.3) is 0 Å². The van der Waals surface area contributed by atoms with E-state index in [4.69, 9.17) is 9.47 Å². The second kappa shape index (κ2) is 5.21. The first-order chi connectivity index (χ1) is 8.94. The molecule has 1 aliphatic rings. The molecule has 0 saturated heterocycles. The highest BCUT2D eigenvalue weighted by Crippen LogP contribution is 2.42. The van der Waals surface area contributed by atoms with Crippen LogP contribution in [0, 0.1) is 0 Å². The Balaban J connectivity index is 2.32. The number of carbonyl (C=O) groups excluding carboxylic acids is 1. The first-order valence-corrected chi connectivity index (χ1v) is 6.57. The third-order valence-electron chi connectivity index (χ3n) is 3.33. The Morgan fingerprint density at radius 1 is 1.53 bits per heavy atom. The minimum absolute atomic E-state index is 0.268. The van der Waals surface area contributed by atoms with E-state index in [9.17, 15) is 9.90 Å². The van der Waals surface area contributed by atoms with Gasteiger partial charge in [0.05, 0.1) is 6.61 Å². The van der Waals surface area contributed by atoms with Crippen molar-refractivity contribution >= 4 is 5.97 Å². The lowest BCUT2D eigenvalue weighted by molar-refractivity contribution is -0.155. The van der Waals surface area contributed by atoms with Gasteiger partial charge in [-0.1, -0.05) is 18.2 Å². The molecule has 0 radical (unpaired) electrons. The normalized spacial score (nSPS) is 22.0. The molecule has 2 atom stereocenters. The van der Waals surface area contributed by atoms with Gasteiger partial charge in [-0.2, -0.15) is 0 Å². The van der Waals surface area contributed by atoms with E-state index < -0.39 is 17.7 Å². The third-order valence-corrected chi connectivity index (χ3v) is 3.33. The molecule has 2 rings (SSSR count). The van der Waals surface area contributed by atoms with E-state index in [-0.39, 0.29) is 12.5 Å². The molecule has 1 N–H and O–H groups in total. The standard InChI is InChI=1S/C15H20O4/c1-4-18-14(17)13(16)11-9-15(2,3)19-12-8-6-5-7-10(11)12/h5-8,11,13,16H,4,9H2,1-3H3. The first-order valence-electron chi connectivity index (χ1n) is 6.57. The van der Waals surface area contributed by atoms with E-state index in [1.54, 1.807) is 6.92 Å². The number of hydrogen-bond donors (Lipinski definition) is 1. The van der Waals surface area contributed by atoms with Crippen molar-refractivity contribution in [1.29, 1.82) is 0 Å². The summed E-state index contributed by atoms with van der Waals surface area (Å²) in [4.78, 5) is 11.8. The number of ether oxygens (including phenoxy) is 2. The van der Waals surface area contributed by atoms with Gasteiger partial charge in [0, 0.05) is 11.5 Å². The predicted molar refractivity (Wildman–Crippen MR) is 71.1 cm³/mol. The van der Waals surface area contributed by atoms with Gasteiger partial charge < -0.3 is 14.6 Å². The Morgan fingerprint density at radius 2 is 2.21 bits per heavy atom. The van der Waals surface area contributed by atoms with Crippen LogP contribution in [0.4, 0.5) is 0 Å². The van der Waals surface area contributed by atoms with Crippen LogP contribution in [0.1, 0.15) is 38.7 Å². The summed E-state index contributed by atoms with van der Waals surface area (Å²) in [7, 11) is 0. The van der Waals surface area contributed by atoms with E-state index in [1.807, 2.05) is 38.1 Å². The van der Waals surface area contributed by atoms with Crippen molar-refractivity contribution in [2.24, 2.45) is 0 Å². The zero-order chi connectivity index (χ0) is 14.0. The molecule has 0 aromatic heterocycles. The number of aliphatic hydroxyl groups is 1. The van der Waals surface area contributed by atoms with Crippen LogP contribution in [0.5, 0.6) is 5.75 Å². The Hall–Kier alpha value is -1.55. The molecular weight excluding hydrogens is 244 g/mol. The monoisotopic (exact) mass is 264 g/mol. The van der Waals surface area contributed by atoms with Gasteiger partial charge in [0.15, 0.2) is 6.10 Å². The largest absolute Gasteiger partial charge is 0.488 e. The van der Waals surface area contributed by atoms with Gasteiger partial charge in [0.2, 0.25) is 0 Å². The molecule has 0 spiro atoms. The Morgan fingerprint density at radius 3 is 2.89 bits per heavy atom. The molecule has 1 aliphatic heterocycles. The smallest absolute Gasteiger partial charge is 0.335 e. The number of aliphatic hydroxyl groups excluding tert-OH is 1. The van der Waals surface area contributed by atoms with Gasteiger partial charge in [0.25, 0.3) is 0 Å². The molecule has 1 heterocycles. The fourth-order valence-corrected chi connectivity index (χ4v) is 2.53. The van der Waals surface area contributed by atoms with Gasteiger partial charge in [-0.15, -0.1) is 0 Å². The molecule has 4 heteroatoms. The second-order valence-electron chi connectivity index (χ2n) is 5.41. The SMILES string of the molecule is CCOC(=O)C(O)C1CC(C)(C)Oc2ccccc21. The number of benzene rings is 1. The van der Waals surface area contributed by atoms with E-state index in [0.717, 1.165) is 11.3 Å². The molecule has 1 aromatic rings. The van der Waals surface area contributed by atoms with Crippen LogP contribution in [0.3, 0.4) is 0 Å². The molecule has 1 aromatic carbocycles. The van der Waals surface area contributed by atoms with E-state index >= 15 is 0 Å². The zero-order valence-corrected chi connectivity index (χ0v) is 11.6. The summed E-state index contributed by atoms with van der Waals surface area (Å²) in [5, 5.41) is 10.2. The van der Waals surface area contributed by atoms with Crippen molar-refractivity contribution in [2.45, 2.75) is 44.8 Å². The summed E-state index contributed by atoms with van der Waals surface area (Å²) in [5.41, 5.74) is 0.453. The minimum atomic E-state index is -1.15. The maximum absolute atomic E-state index is 11.8. The molecule has 2 unspecified atom stereocenters. The molecule has 0 aliphatic carbocycles. The average Bonchev–Trinajstić information content (AvgIpc) is 2.36. The van der Waals surface area contributed by atoms with Crippen molar-refractivity contribution in [3.05, 3.63) is 29.8 Å². The summed E-state index contributed by atoms with van der Waals surface area (Å²) in [6, 6.07) is 7.51. The van der Waals surface area contributed by atoms with Gasteiger partial charge in [-0.3, -0.25) is 0 Å². The van der Waals surface area contributed by atoms with Crippen LogP contribution < -0.4 is 4.74 Å². The maximum atomic E-state index is 11.8. The first kappa shape index (κ1) is 13.9. The molecular formula is C15H20O4. The highest BCUT2D eigenvalue weighted by atomic mass is 16.5. The minimum Gasteiger partial charge on any atom is -0.488 e. The summed E-state index contributed by atoms with van der Waals surface area (Å²) in [6.45, 7) is 5.90. The molecule has 4 nitrogen and oxygen atoms in total. The van der Waals surface area contributed by atoms with Crippen molar-refractivity contribution in [2.75, 3.05) is 6.61 Å². The maximum Gasteiger partial charge on any atom is 0.335 e. The Bertz CT molecular complexity index is 467. The van der Waals surface area contributed by atoms with Crippen molar-refractivity contribution in [3.8, 4) is 5.75 Å². The van der Waals surface area contributed by atoms with Crippen molar-refractivity contribution in [1.82, 2.24) is 0 Å². The van der Waals surface area contributed by atoms with Crippen molar-refractivity contribution < 1.29 is 19.4 Å². The van der Waals surface area contributed by atoms with Crippen LogP contribution in [0.15, 0.2) is 24.3 Å². The predicted octanol–water partition coefficient (Wildman–Crippen LogP) is 2.26. The lowest BCUT2D eigenvalue weighted by Gasteiger charge is -2.38. The number of hydrogen-bond acceptors (Lipinski definition) is 4. The molecule has 0 fully saturated rings. The van der Waals surface area contributed by atoms with Gasteiger partial charge in [-0.25, -0.2) is 4.79 Å². The second-order valence-corrected chi connectivity index (χ2v) is 5.41. The lowest BCUT2D eigenvalue weighted by atomic mass is 9.81. The fourth-order valence-electron chi connectivity index (χ4n) is 2.53. The Kier molecular flexibility index (Phi) is 3.80. The Labute approximate surface area is 113 Å². The quantitative estimate of drug-likeness (QED) is 0.851. The zero-order valence-electron chi connectivity index (χ0n) is 11.6. The number of esters is 1. The highest BCUT2D eigenvalue weighted by Gasteiger charge is 2.40. The summed E-state index contributed by atoms with van der Waals surface area (Å²) < 4.78 is 10.8.